The fraction of sp³-hybridized carbons (Fsp3) is 0.176. The average molecular weight is 374 g/mol. The predicted molar refractivity (Wildman–Crippen MR) is 91.3 cm³/mol. The van der Waals surface area contributed by atoms with E-state index in [0.29, 0.717) is 0 Å². The summed E-state index contributed by atoms with van der Waals surface area (Å²) in [6.45, 7) is 0.561. The molecule has 1 N–H and O–H groups in total. The van der Waals surface area contributed by atoms with E-state index in [1.807, 2.05) is 0 Å². The lowest BCUT2D eigenvalue weighted by molar-refractivity contribution is 0.0925. The van der Waals surface area contributed by atoms with Crippen LogP contribution in [0.25, 0.3) is 0 Å². The number of hydrogen-bond donors (Lipinski definition) is 1. The van der Waals surface area contributed by atoms with Crippen molar-refractivity contribution in [1.29, 1.82) is 0 Å². The average Bonchev–Trinajstić information content (AvgIpc) is 2.91. The van der Waals surface area contributed by atoms with Gasteiger partial charge in [-0.1, -0.05) is 12.1 Å². The summed E-state index contributed by atoms with van der Waals surface area (Å²) in [5.41, 5.74) is 0.371. The Balaban J connectivity index is 1.94. The summed E-state index contributed by atoms with van der Waals surface area (Å²) in [4.78, 5) is 26.1. The van der Waals surface area contributed by atoms with Crippen LogP contribution >= 0.6 is 0 Å². The van der Waals surface area contributed by atoms with E-state index < -0.39 is 21.8 Å². The SMILES string of the molecule is CNS(=O)(=O)c1cc2c(cc1N1C(=O)c3ccccc3C1=O)OCCO2. The summed E-state index contributed by atoms with van der Waals surface area (Å²) in [7, 11) is -2.72. The third-order valence-electron chi connectivity index (χ3n) is 4.22. The molecule has 2 heterocycles. The first kappa shape index (κ1) is 16.6. The van der Waals surface area contributed by atoms with Gasteiger partial charge in [0.05, 0.1) is 16.8 Å². The Morgan fingerprint density at radius 3 is 2.04 bits per heavy atom. The molecule has 0 radical (unpaired) electrons. The van der Waals surface area contributed by atoms with Crippen LogP contribution in [0.4, 0.5) is 5.69 Å². The van der Waals surface area contributed by atoms with Crippen molar-refractivity contribution in [2.45, 2.75) is 4.90 Å². The molecule has 8 nitrogen and oxygen atoms in total. The van der Waals surface area contributed by atoms with Gasteiger partial charge in [0, 0.05) is 12.1 Å². The van der Waals surface area contributed by atoms with E-state index in [2.05, 4.69) is 4.72 Å². The molecule has 0 aliphatic carbocycles. The van der Waals surface area contributed by atoms with Gasteiger partial charge in [0.1, 0.15) is 18.1 Å². The summed E-state index contributed by atoms with van der Waals surface area (Å²) in [6.07, 6.45) is 0. The fourth-order valence-electron chi connectivity index (χ4n) is 2.97. The molecule has 2 aliphatic rings. The second-order valence-electron chi connectivity index (χ2n) is 5.66. The maximum absolute atomic E-state index is 12.8. The second kappa shape index (κ2) is 5.82. The molecular formula is C17H14N2O6S. The second-order valence-corrected chi connectivity index (χ2v) is 7.52. The molecular weight excluding hydrogens is 360 g/mol. The number of nitrogens with zero attached hydrogens (tertiary/aromatic N) is 1. The van der Waals surface area contributed by atoms with Gasteiger partial charge in [-0.25, -0.2) is 18.0 Å². The van der Waals surface area contributed by atoms with Crippen LogP contribution in [0.1, 0.15) is 20.7 Å². The van der Waals surface area contributed by atoms with Crippen molar-refractivity contribution in [2.24, 2.45) is 0 Å². The lowest BCUT2D eigenvalue weighted by Gasteiger charge is -2.23. The number of fused-ring (bicyclic) bond motifs is 2. The van der Waals surface area contributed by atoms with E-state index in [-0.39, 0.29) is 46.4 Å². The lowest BCUT2D eigenvalue weighted by Crippen LogP contribution is -2.32. The molecule has 26 heavy (non-hydrogen) atoms. The third-order valence-corrected chi connectivity index (χ3v) is 5.66. The Bertz CT molecular complexity index is 1010. The Morgan fingerprint density at radius 2 is 1.50 bits per heavy atom. The van der Waals surface area contributed by atoms with Crippen molar-refractivity contribution in [1.82, 2.24) is 4.72 Å². The normalized spacial score (nSPS) is 16.0. The van der Waals surface area contributed by atoms with Crippen LogP contribution in [0.3, 0.4) is 0 Å². The first-order valence-corrected chi connectivity index (χ1v) is 9.27. The van der Waals surface area contributed by atoms with Gasteiger partial charge >= 0.3 is 0 Å². The first-order valence-electron chi connectivity index (χ1n) is 7.79. The molecule has 134 valence electrons. The molecule has 2 aromatic carbocycles. The minimum atomic E-state index is -3.97. The van der Waals surface area contributed by atoms with Crippen molar-refractivity contribution in [3.63, 3.8) is 0 Å². The zero-order valence-corrected chi connectivity index (χ0v) is 14.5. The lowest BCUT2D eigenvalue weighted by atomic mass is 10.1. The van der Waals surface area contributed by atoms with E-state index in [1.165, 1.54) is 31.3 Å². The van der Waals surface area contributed by atoms with Crippen LogP contribution in [0.2, 0.25) is 0 Å². The number of amides is 2. The van der Waals surface area contributed by atoms with Crippen molar-refractivity contribution < 1.29 is 27.5 Å². The molecule has 2 aromatic rings. The topological polar surface area (TPSA) is 102 Å². The largest absolute Gasteiger partial charge is 0.486 e. The number of carbonyl (C=O) groups is 2. The molecule has 4 rings (SSSR count). The zero-order chi connectivity index (χ0) is 18.5. The van der Waals surface area contributed by atoms with Crippen LogP contribution in [0.15, 0.2) is 41.3 Å². The standard InChI is InChI=1S/C17H14N2O6S/c1-18-26(22,23)15-9-14-13(24-6-7-25-14)8-12(15)19-16(20)10-4-2-3-5-11(10)17(19)21/h2-5,8-9,18H,6-7H2,1H3. The van der Waals surface area contributed by atoms with Gasteiger partial charge in [0.15, 0.2) is 11.5 Å². The molecule has 0 atom stereocenters. The van der Waals surface area contributed by atoms with Crippen LogP contribution in [0.5, 0.6) is 11.5 Å². The Morgan fingerprint density at radius 1 is 0.962 bits per heavy atom. The molecule has 0 spiro atoms. The fourth-order valence-corrected chi connectivity index (χ4v) is 3.88. The van der Waals surface area contributed by atoms with Crippen LogP contribution in [0, 0.1) is 0 Å². The van der Waals surface area contributed by atoms with E-state index >= 15 is 0 Å². The van der Waals surface area contributed by atoms with E-state index in [4.69, 9.17) is 9.47 Å². The molecule has 0 saturated heterocycles. The molecule has 9 heteroatoms. The van der Waals surface area contributed by atoms with Gasteiger partial charge in [0.25, 0.3) is 11.8 Å². The Labute approximate surface area is 149 Å². The summed E-state index contributed by atoms with van der Waals surface area (Å²) in [5.74, 6) is -0.659. The van der Waals surface area contributed by atoms with Crippen molar-refractivity contribution in [3.8, 4) is 11.5 Å². The number of sulfonamides is 1. The number of benzene rings is 2. The van der Waals surface area contributed by atoms with Gasteiger partial charge in [-0.15, -0.1) is 0 Å². The highest BCUT2D eigenvalue weighted by atomic mass is 32.2. The zero-order valence-electron chi connectivity index (χ0n) is 13.7. The molecule has 0 fully saturated rings. The molecule has 2 aliphatic heterocycles. The number of rotatable bonds is 3. The van der Waals surface area contributed by atoms with Crippen molar-refractivity contribution in [2.75, 3.05) is 25.2 Å². The summed E-state index contributed by atoms with van der Waals surface area (Å²) >= 11 is 0. The summed E-state index contributed by atoms with van der Waals surface area (Å²) in [6, 6.07) is 8.95. The number of hydrogen-bond acceptors (Lipinski definition) is 6. The molecule has 2 amide bonds. The molecule has 0 bridgehead atoms. The Kier molecular flexibility index (Phi) is 3.70. The van der Waals surface area contributed by atoms with E-state index in [0.717, 1.165) is 4.90 Å². The molecule has 0 aromatic heterocycles. The van der Waals surface area contributed by atoms with Crippen LogP contribution in [-0.2, 0) is 10.0 Å². The summed E-state index contributed by atoms with van der Waals surface area (Å²) < 4.78 is 38.1. The molecule has 0 saturated carbocycles. The number of nitrogens with one attached hydrogen (secondary N) is 1. The quantitative estimate of drug-likeness (QED) is 0.809. The van der Waals surface area contributed by atoms with Crippen LogP contribution < -0.4 is 19.1 Å². The van der Waals surface area contributed by atoms with Gasteiger partial charge < -0.3 is 9.47 Å². The van der Waals surface area contributed by atoms with E-state index in [1.54, 1.807) is 12.1 Å². The number of carbonyl (C=O) groups excluding carboxylic acids is 2. The Hall–Kier alpha value is -2.91. The van der Waals surface area contributed by atoms with Crippen LogP contribution in [-0.4, -0.2) is 40.5 Å². The summed E-state index contributed by atoms with van der Waals surface area (Å²) in [5, 5.41) is 0. The van der Waals surface area contributed by atoms with E-state index in [9.17, 15) is 18.0 Å². The maximum atomic E-state index is 12.8. The molecule has 0 unspecified atom stereocenters. The van der Waals surface area contributed by atoms with Crippen molar-refractivity contribution in [3.05, 3.63) is 47.5 Å². The highest BCUT2D eigenvalue weighted by Gasteiger charge is 2.40. The number of imide groups is 1. The van der Waals surface area contributed by atoms with Gasteiger partial charge in [-0.05, 0) is 19.2 Å². The monoisotopic (exact) mass is 374 g/mol. The van der Waals surface area contributed by atoms with Gasteiger partial charge in [-0.3, -0.25) is 9.59 Å². The highest BCUT2D eigenvalue weighted by molar-refractivity contribution is 7.89. The van der Waals surface area contributed by atoms with Gasteiger partial charge in [-0.2, -0.15) is 0 Å². The maximum Gasteiger partial charge on any atom is 0.266 e. The minimum absolute atomic E-state index is 0.0743. The highest BCUT2D eigenvalue weighted by Crippen LogP contribution is 2.41. The number of ether oxygens (including phenoxy) is 2. The third kappa shape index (κ3) is 2.36. The predicted octanol–water partition coefficient (Wildman–Crippen LogP) is 1.17. The first-order chi connectivity index (χ1) is 12.4. The minimum Gasteiger partial charge on any atom is -0.486 e. The van der Waals surface area contributed by atoms with Crippen molar-refractivity contribution >= 4 is 27.5 Å². The number of anilines is 1. The smallest absolute Gasteiger partial charge is 0.266 e. The van der Waals surface area contributed by atoms with Gasteiger partial charge in [0.2, 0.25) is 10.0 Å².